The summed E-state index contributed by atoms with van der Waals surface area (Å²) in [5.74, 6) is 0.190. The van der Waals surface area contributed by atoms with Gasteiger partial charge in [0.1, 0.15) is 0 Å². The highest BCUT2D eigenvalue weighted by atomic mass is 35.5. The van der Waals surface area contributed by atoms with Gasteiger partial charge in [-0.15, -0.1) is 11.6 Å². The molecule has 0 fully saturated rings. The van der Waals surface area contributed by atoms with Gasteiger partial charge in [0.15, 0.2) is 5.88 Å². The molecular formula is C9H10ClNO2. The van der Waals surface area contributed by atoms with E-state index in [-0.39, 0.29) is 17.1 Å². The molecule has 1 aliphatic carbocycles. The summed E-state index contributed by atoms with van der Waals surface area (Å²) in [6.45, 7) is 0. The fraction of sp³-hybridized carbons (Fsp3) is 0.333. The predicted octanol–water partition coefficient (Wildman–Crippen LogP) is 1.61. The van der Waals surface area contributed by atoms with Gasteiger partial charge >= 0.3 is 0 Å². The number of allylic oxidation sites excluding steroid dienone is 1. The van der Waals surface area contributed by atoms with Crippen molar-refractivity contribution in [1.82, 2.24) is 4.57 Å². The minimum Gasteiger partial charge on any atom is -0.494 e. The number of aromatic hydroxyl groups is 2. The largest absolute Gasteiger partial charge is 0.494 e. The van der Waals surface area contributed by atoms with E-state index in [4.69, 9.17) is 11.6 Å². The van der Waals surface area contributed by atoms with Gasteiger partial charge in [-0.3, -0.25) is 4.57 Å². The minimum atomic E-state index is -0.0970. The summed E-state index contributed by atoms with van der Waals surface area (Å²) < 4.78 is 1.35. The second-order valence-electron chi connectivity index (χ2n) is 3.18. The van der Waals surface area contributed by atoms with Crippen molar-refractivity contribution >= 4 is 17.7 Å². The third-order valence-electron chi connectivity index (χ3n) is 2.34. The zero-order valence-electron chi connectivity index (χ0n) is 7.16. The molecule has 1 aromatic rings. The van der Waals surface area contributed by atoms with Crippen molar-refractivity contribution < 1.29 is 10.2 Å². The lowest BCUT2D eigenvalue weighted by atomic mass is 10.0. The molecule has 3 nitrogen and oxygen atoms in total. The van der Waals surface area contributed by atoms with Gasteiger partial charge < -0.3 is 10.2 Å². The maximum atomic E-state index is 9.59. The summed E-state index contributed by atoms with van der Waals surface area (Å²) in [6, 6.07) is 0. The standard InChI is InChI=1S/C9H10ClNO2/c1-11-8(12)6-3-2-5(10)4-7(6)9(11)13/h2-3,5,12-13H,4H2,1H3. The fourth-order valence-corrected chi connectivity index (χ4v) is 1.81. The molecule has 2 rings (SSSR count). The van der Waals surface area contributed by atoms with Gasteiger partial charge in [0, 0.05) is 18.2 Å². The summed E-state index contributed by atoms with van der Waals surface area (Å²) in [5.41, 5.74) is 1.40. The smallest absolute Gasteiger partial charge is 0.201 e. The van der Waals surface area contributed by atoms with Gasteiger partial charge in [0.25, 0.3) is 0 Å². The lowest BCUT2D eigenvalue weighted by Gasteiger charge is -2.09. The zero-order valence-corrected chi connectivity index (χ0v) is 7.91. The van der Waals surface area contributed by atoms with E-state index in [0.717, 1.165) is 5.56 Å². The maximum absolute atomic E-state index is 9.59. The number of hydrogen-bond acceptors (Lipinski definition) is 2. The lowest BCUT2D eigenvalue weighted by Crippen LogP contribution is -2.03. The van der Waals surface area contributed by atoms with E-state index >= 15 is 0 Å². The van der Waals surface area contributed by atoms with Crippen LogP contribution in [0.3, 0.4) is 0 Å². The Morgan fingerprint density at radius 1 is 1.46 bits per heavy atom. The third kappa shape index (κ3) is 1.11. The van der Waals surface area contributed by atoms with Crippen LogP contribution >= 0.6 is 11.6 Å². The van der Waals surface area contributed by atoms with E-state index in [0.29, 0.717) is 12.0 Å². The zero-order chi connectivity index (χ0) is 9.59. The summed E-state index contributed by atoms with van der Waals surface area (Å²) >= 11 is 5.89. The molecule has 0 bridgehead atoms. The van der Waals surface area contributed by atoms with Crippen LogP contribution in [0.1, 0.15) is 11.1 Å². The Hall–Kier alpha value is -1.09. The summed E-state index contributed by atoms with van der Waals surface area (Å²) in [6.07, 6.45) is 4.11. The highest BCUT2D eigenvalue weighted by Crippen LogP contribution is 2.37. The highest BCUT2D eigenvalue weighted by molar-refractivity contribution is 6.22. The first-order valence-corrected chi connectivity index (χ1v) is 4.46. The van der Waals surface area contributed by atoms with Crippen LogP contribution in [-0.4, -0.2) is 20.2 Å². The van der Waals surface area contributed by atoms with Crippen LogP contribution < -0.4 is 0 Å². The molecule has 13 heavy (non-hydrogen) atoms. The van der Waals surface area contributed by atoms with E-state index in [1.54, 1.807) is 13.1 Å². The summed E-state index contributed by atoms with van der Waals surface area (Å²) in [5, 5.41) is 19.1. The van der Waals surface area contributed by atoms with Crippen molar-refractivity contribution in [1.29, 1.82) is 0 Å². The number of aromatic nitrogens is 1. The Labute approximate surface area is 80.9 Å². The molecule has 1 heterocycles. The normalized spacial score (nSPS) is 20.3. The Morgan fingerprint density at radius 3 is 2.85 bits per heavy atom. The van der Waals surface area contributed by atoms with Crippen molar-refractivity contribution in [3.05, 3.63) is 17.2 Å². The van der Waals surface area contributed by atoms with E-state index in [1.807, 2.05) is 6.08 Å². The maximum Gasteiger partial charge on any atom is 0.201 e. The van der Waals surface area contributed by atoms with Crippen molar-refractivity contribution in [2.45, 2.75) is 11.8 Å². The Balaban J connectivity index is 2.63. The van der Waals surface area contributed by atoms with E-state index in [1.165, 1.54) is 4.57 Å². The molecule has 1 unspecified atom stereocenters. The Morgan fingerprint density at radius 2 is 2.15 bits per heavy atom. The topological polar surface area (TPSA) is 45.4 Å². The van der Waals surface area contributed by atoms with Crippen molar-refractivity contribution in [2.75, 3.05) is 0 Å². The molecule has 2 N–H and O–H groups in total. The summed E-state index contributed by atoms with van der Waals surface area (Å²) in [7, 11) is 1.61. The number of rotatable bonds is 0. The van der Waals surface area contributed by atoms with Gasteiger partial charge in [-0.05, 0) is 6.42 Å². The van der Waals surface area contributed by atoms with Crippen LogP contribution in [0, 0.1) is 0 Å². The molecule has 0 aromatic carbocycles. The molecule has 0 radical (unpaired) electrons. The first-order valence-electron chi connectivity index (χ1n) is 4.03. The van der Waals surface area contributed by atoms with Gasteiger partial charge in [-0.25, -0.2) is 0 Å². The Bertz CT molecular complexity index is 381. The molecule has 1 aromatic heterocycles. The van der Waals surface area contributed by atoms with E-state index in [2.05, 4.69) is 0 Å². The Kier molecular flexibility index (Phi) is 1.77. The predicted molar refractivity (Wildman–Crippen MR) is 51.1 cm³/mol. The summed E-state index contributed by atoms with van der Waals surface area (Å²) in [4.78, 5) is 0. The third-order valence-corrected chi connectivity index (χ3v) is 2.64. The second-order valence-corrected chi connectivity index (χ2v) is 3.74. The number of hydrogen-bond donors (Lipinski definition) is 2. The van der Waals surface area contributed by atoms with Gasteiger partial charge in [0.2, 0.25) is 5.88 Å². The number of nitrogens with zero attached hydrogens (tertiary/aromatic N) is 1. The quantitative estimate of drug-likeness (QED) is 0.624. The monoisotopic (exact) mass is 199 g/mol. The van der Waals surface area contributed by atoms with Crippen molar-refractivity contribution in [3.63, 3.8) is 0 Å². The molecule has 70 valence electrons. The van der Waals surface area contributed by atoms with Crippen molar-refractivity contribution in [3.8, 4) is 11.8 Å². The second kappa shape index (κ2) is 2.70. The lowest BCUT2D eigenvalue weighted by molar-refractivity contribution is 0.385. The average Bonchev–Trinajstić information content (AvgIpc) is 2.32. The van der Waals surface area contributed by atoms with Gasteiger partial charge in [-0.1, -0.05) is 12.2 Å². The van der Waals surface area contributed by atoms with E-state index in [9.17, 15) is 10.2 Å². The van der Waals surface area contributed by atoms with E-state index < -0.39 is 0 Å². The highest BCUT2D eigenvalue weighted by Gasteiger charge is 2.23. The molecule has 0 aliphatic heterocycles. The van der Waals surface area contributed by atoms with Gasteiger partial charge in [-0.2, -0.15) is 0 Å². The fourth-order valence-electron chi connectivity index (χ4n) is 1.58. The van der Waals surface area contributed by atoms with Crippen LogP contribution in [-0.2, 0) is 13.5 Å². The SMILES string of the molecule is Cn1c(O)c2c(c1O)CC(Cl)C=C2. The first-order chi connectivity index (χ1) is 6.11. The van der Waals surface area contributed by atoms with Crippen LogP contribution in [0.25, 0.3) is 6.08 Å². The molecule has 0 saturated heterocycles. The van der Waals surface area contributed by atoms with Crippen LogP contribution in [0.4, 0.5) is 0 Å². The number of halogens is 1. The molecule has 0 saturated carbocycles. The molecular weight excluding hydrogens is 190 g/mol. The van der Waals surface area contributed by atoms with Gasteiger partial charge in [0.05, 0.1) is 5.38 Å². The minimum absolute atomic E-state index is 0.0901. The van der Waals surface area contributed by atoms with Crippen LogP contribution in [0.15, 0.2) is 6.08 Å². The number of alkyl halides is 1. The molecule has 4 heteroatoms. The van der Waals surface area contributed by atoms with Crippen LogP contribution in [0.5, 0.6) is 11.8 Å². The number of fused-ring (bicyclic) bond motifs is 1. The molecule has 1 aliphatic rings. The van der Waals surface area contributed by atoms with Crippen LogP contribution in [0.2, 0.25) is 0 Å². The molecule has 0 amide bonds. The first kappa shape index (κ1) is 8.51. The molecule has 1 atom stereocenters. The van der Waals surface area contributed by atoms with Crippen molar-refractivity contribution in [2.24, 2.45) is 7.05 Å². The molecule has 0 spiro atoms. The average molecular weight is 200 g/mol.